The van der Waals surface area contributed by atoms with Crippen molar-refractivity contribution < 1.29 is 5.11 Å². The molecule has 0 radical (unpaired) electrons. The van der Waals surface area contributed by atoms with Crippen LogP contribution in [0.15, 0.2) is 34.8 Å². The highest BCUT2D eigenvalue weighted by molar-refractivity contribution is 9.10. The molecule has 0 spiro atoms. The van der Waals surface area contributed by atoms with E-state index in [1.54, 1.807) is 6.07 Å². The van der Waals surface area contributed by atoms with E-state index in [2.05, 4.69) is 22.5 Å². The van der Waals surface area contributed by atoms with E-state index >= 15 is 0 Å². The van der Waals surface area contributed by atoms with Gasteiger partial charge in [0.15, 0.2) is 0 Å². The van der Waals surface area contributed by atoms with Gasteiger partial charge in [-0.05, 0) is 35.3 Å². The van der Waals surface area contributed by atoms with Crippen molar-refractivity contribution in [3.05, 3.63) is 40.4 Å². The Morgan fingerprint density at radius 2 is 2.29 bits per heavy atom. The lowest BCUT2D eigenvalue weighted by molar-refractivity contribution is 0.457. The average molecular weight is 256 g/mol. The Hall–Kier alpha value is -0.800. The van der Waals surface area contributed by atoms with E-state index in [1.165, 1.54) is 0 Å². The molecule has 0 aromatic heterocycles. The summed E-state index contributed by atoms with van der Waals surface area (Å²) < 4.78 is 0.673. The molecule has 3 heteroatoms. The summed E-state index contributed by atoms with van der Waals surface area (Å²) in [6, 6.07) is 5.28. The van der Waals surface area contributed by atoms with Crippen LogP contribution in [0.25, 0.3) is 0 Å². The van der Waals surface area contributed by atoms with Crippen LogP contribution in [0.1, 0.15) is 24.9 Å². The monoisotopic (exact) mass is 255 g/mol. The summed E-state index contributed by atoms with van der Waals surface area (Å²) in [6.45, 7) is 5.72. The molecule has 0 aliphatic rings. The zero-order valence-electron chi connectivity index (χ0n) is 8.13. The normalized spacial score (nSPS) is 12.5. The number of phenols is 1. The maximum Gasteiger partial charge on any atom is 0.134 e. The topological polar surface area (TPSA) is 46.2 Å². The average Bonchev–Trinajstić information content (AvgIpc) is 2.08. The number of hydrogen-bond acceptors (Lipinski definition) is 2. The van der Waals surface area contributed by atoms with Crippen molar-refractivity contribution in [2.24, 2.45) is 5.73 Å². The minimum atomic E-state index is -0.190. The zero-order chi connectivity index (χ0) is 10.7. The van der Waals surface area contributed by atoms with Crippen LogP contribution in [0.4, 0.5) is 0 Å². The molecule has 0 aliphatic carbocycles. The third-order valence-corrected chi connectivity index (χ3v) is 2.63. The highest BCUT2D eigenvalue weighted by Crippen LogP contribution is 2.32. The highest BCUT2D eigenvalue weighted by Gasteiger charge is 2.12. The van der Waals surface area contributed by atoms with Crippen LogP contribution in [0.5, 0.6) is 5.75 Å². The Kier molecular flexibility index (Phi) is 3.72. The van der Waals surface area contributed by atoms with Crippen LogP contribution < -0.4 is 5.73 Å². The fourth-order valence-corrected chi connectivity index (χ4v) is 1.70. The summed E-state index contributed by atoms with van der Waals surface area (Å²) in [6.07, 6.45) is 0.685. The van der Waals surface area contributed by atoms with Gasteiger partial charge in [-0.15, -0.1) is 6.58 Å². The molecule has 1 aromatic carbocycles. The van der Waals surface area contributed by atoms with Crippen molar-refractivity contribution in [3.8, 4) is 5.75 Å². The molecule has 0 fully saturated rings. The second-order valence-electron chi connectivity index (χ2n) is 3.45. The lowest BCUT2D eigenvalue weighted by Gasteiger charge is -2.14. The molecule has 1 atom stereocenters. The van der Waals surface area contributed by atoms with Gasteiger partial charge in [-0.2, -0.15) is 0 Å². The van der Waals surface area contributed by atoms with Crippen LogP contribution in [0.3, 0.4) is 0 Å². The molecule has 0 aliphatic heterocycles. The van der Waals surface area contributed by atoms with Crippen LogP contribution in [0, 0.1) is 0 Å². The second-order valence-corrected chi connectivity index (χ2v) is 4.30. The predicted molar refractivity (Wildman–Crippen MR) is 62.2 cm³/mol. The van der Waals surface area contributed by atoms with Gasteiger partial charge in [0, 0.05) is 11.6 Å². The molecule has 1 aromatic rings. The minimum Gasteiger partial charge on any atom is -0.506 e. The Morgan fingerprint density at radius 3 is 2.86 bits per heavy atom. The molecule has 0 unspecified atom stereocenters. The molecular weight excluding hydrogens is 242 g/mol. The number of halogens is 1. The number of phenolic OH excluding ortho intramolecular Hbond substituents is 1. The van der Waals surface area contributed by atoms with Gasteiger partial charge in [0.05, 0.1) is 4.47 Å². The lowest BCUT2D eigenvalue weighted by atomic mass is 10.0. The molecule has 0 amide bonds. The standard InChI is InChI=1S/C11H14BrNO/c1-7(2)6-10(13)8-4-3-5-9(12)11(8)14/h3-5,10,14H,1,6,13H2,2H3/t10-/m1/s1. The molecule has 0 saturated heterocycles. The summed E-state index contributed by atoms with van der Waals surface area (Å²) >= 11 is 3.25. The van der Waals surface area contributed by atoms with Crippen molar-refractivity contribution in [2.75, 3.05) is 0 Å². The number of aromatic hydroxyl groups is 1. The first kappa shape index (κ1) is 11.3. The smallest absolute Gasteiger partial charge is 0.134 e. The molecule has 1 rings (SSSR count). The zero-order valence-corrected chi connectivity index (χ0v) is 9.71. The molecule has 2 nitrogen and oxygen atoms in total. The van der Waals surface area contributed by atoms with Gasteiger partial charge in [0.1, 0.15) is 5.75 Å². The van der Waals surface area contributed by atoms with Gasteiger partial charge >= 0.3 is 0 Å². The summed E-state index contributed by atoms with van der Waals surface area (Å²) in [7, 11) is 0. The quantitative estimate of drug-likeness (QED) is 0.816. The Morgan fingerprint density at radius 1 is 1.64 bits per heavy atom. The van der Waals surface area contributed by atoms with Crippen molar-refractivity contribution in [3.63, 3.8) is 0 Å². The number of benzene rings is 1. The first-order chi connectivity index (χ1) is 6.52. The Labute approximate surface area is 92.6 Å². The van der Waals surface area contributed by atoms with Crippen LogP contribution in [-0.4, -0.2) is 5.11 Å². The first-order valence-corrected chi connectivity index (χ1v) is 5.19. The van der Waals surface area contributed by atoms with E-state index in [9.17, 15) is 5.11 Å². The maximum absolute atomic E-state index is 9.72. The second kappa shape index (κ2) is 4.62. The molecule has 0 saturated carbocycles. The minimum absolute atomic E-state index is 0.190. The fraction of sp³-hybridized carbons (Fsp3) is 0.273. The van der Waals surface area contributed by atoms with Gasteiger partial charge in [-0.3, -0.25) is 0 Å². The predicted octanol–water partition coefficient (Wildman–Crippen LogP) is 3.12. The van der Waals surface area contributed by atoms with Crippen LogP contribution in [0.2, 0.25) is 0 Å². The number of nitrogens with two attached hydrogens (primary N) is 1. The van der Waals surface area contributed by atoms with Crippen molar-refractivity contribution in [1.29, 1.82) is 0 Å². The van der Waals surface area contributed by atoms with Crippen LogP contribution in [-0.2, 0) is 0 Å². The van der Waals surface area contributed by atoms with E-state index in [-0.39, 0.29) is 11.8 Å². The highest BCUT2D eigenvalue weighted by atomic mass is 79.9. The van der Waals surface area contributed by atoms with E-state index in [0.29, 0.717) is 10.9 Å². The fourth-order valence-electron chi connectivity index (χ4n) is 1.32. The molecule has 3 N–H and O–H groups in total. The maximum atomic E-state index is 9.72. The van der Waals surface area contributed by atoms with Gasteiger partial charge in [-0.25, -0.2) is 0 Å². The molecule has 0 bridgehead atoms. The van der Waals surface area contributed by atoms with Crippen molar-refractivity contribution in [1.82, 2.24) is 0 Å². The summed E-state index contributed by atoms with van der Waals surface area (Å²) in [5.74, 6) is 0.223. The van der Waals surface area contributed by atoms with Gasteiger partial charge in [-0.1, -0.05) is 17.7 Å². The largest absolute Gasteiger partial charge is 0.506 e. The van der Waals surface area contributed by atoms with Gasteiger partial charge < -0.3 is 10.8 Å². The first-order valence-electron chi connectivity index (χ1n) is 4.39. The van der Waals surface area contributed by atoms with Crippen molar-refractivity contribution in [2.45, 2.75) is 19.4 Å². The van der Waals surface area contributed by atoms with E-state index in [1.807, 2.05) is 19.1 Å². The molecule has 14 heavy (non-hydrogen) atoms. The molecular formula is C11H14BrNO. The summed E-state index contributed by atoms with van der Waals surface area (Å²) in [5.41, 5.74) is 7.69. The van der Waals surface area contributed by atoms with Crippen LogP contribution >= 0.6 is 15.9 Å². The lowest BCUT2D eigenvalue weighted by Crippen LogP contribution is -2.10. The Balaban J connectivity index is 2.95. The van der Waals surface area contributed by atoms with Crippen molar-refractivity contribution >= 4 is 15.9 Å². The third-order valence-electron chi connectivity index (χ3n) is 1.99. The van der Waals surface area contributed by atoms with Gasteiger partial charge in [0.25, 0.3) is 0 Å². The summed E-state index contributed by atoms with van der Waals surface area (Å²) in [4.78, 5) is 0. The van der Waals surface area contributed by atoms with E-state index < -0.39 is 0 Å². The van der Waals surface area contributed by atoms with E-state index in [0.717, 1.165) is 11.1 Å². The van der Waals surface area contributed by atoms with E-state index in [4.69, 9.17) is 5.73 Å². The SMILES string of the molecule is C=C(C)C[C@@H](N)c1cccc(Br)c1O. The summed E-state index contributed by atoms with van der Waals surface area (Å²) in [5, 5.41) is 9.72. The number of rotatable bonds is 3. The van der Waals surface area contributed by atoms with Gasteiger partial charge in [0.2, 0.25) is 0 Å². The Bertz CT molecular complexity index is 349. The molecule has 0 heterocycles. The molecule has 76 valence electrons. The number of hydrogen-bond donors (Lipinski definition) is 2. The third kappa shape index (κ3) is 2.59. The number of para-hydroxylation sites is 1.